The molecule has 0 spiro atoms. The Morgan fingerprint density at radius 2 is 1.91 bits per heavy atom. The van der Waals surface area contributed by atoms with Crippen molar-refractivity contribution in [2.45, 2.75) is 61.6 Å². The van der Waals surface area contributed by atoms with Gasteiger partial charge in [-0.3, -0.25) is 9.36 Å². The summed E-state index contributed by atoms with van der Waals surface area (Å²) in [7, 11) is 0. The van der Waals surface area contributed by atoms with E-state index in [-0.39, 0.29) is 5.56 Å². The first-order valence-electron chi connectivity index (χ1n) is 7.93. The van der Waals surface area contributed by atoms with E-state index in [1.807, 2.05) is 0 Å². The SMILES string of the molecule is Cc1cc(C)cc(-n2c(SC(C)C)nc3c(c2=O)SC(C)C3)c1. The number of hydrogen-bond donors (Lipinski definition) is 0. The smallest absolute Gasteiger partial charge is 0.268 e. The van der Waals surface area contributed by atoms with Crippen LogP contribution in [0.3, 0.4) is 0 Å². The maximum absolute atomic E-state index is 13.1. The summed E-state index contributed by atoms with van der Waals surface area (Å²) in [4.78, 5) is 18.8. The summed E-state index contributed by atoms with van der Waals surface area (Å²) in [5, 5.41) is 1.62. The molecule has 1 aliphatic rings. The van der Waals surface area contributed by atoms with Crippen LogP contribution in [0.4, 0.5) is 0 Å². The van der Waals surface area contributed by atoms with E-state index in [0.717, 1.165) is 39.0 Å². The number of hydrogen-bond acceptors (Lipinski definition) is 4. The Bertz CT molecular complexity index is 791. The van der Waals surface area contributed by atoms with Gasteiger partial charge in [0.25, 0.3) is 5.56 Å². The zero-order valence-corrected chi connectivity index (χ0v) is 15.8. The molecule has 0 saturated heterocycles. The van der Waals surface area contributed by atoms with Crippen LogP contribution in [0.2, 0.25) is 0 Å². The number of thioether (sulfide) groups is 2. The van der Waals surface area contributed by atoms with Crippen LogP contribution in [0.5, 0.6) is 0 Å². The molecule has 0 saturated carbocycles. The number of aromatic nitrogens is 2. The Hall–Kier alpha value is -1.20. The van der Waals surface area contributed by atoms with Crippen LogP contribution in [-0.4, -0.2) is 20.1 Å². The average Bonchev–Trinajstić information content (AvgIpc) is 2.78. The molecule has 0 bridgehead atoms. The number of nitrogens with zero attached hydrogens (tertiary/aromatic N) is 2. The van der Waals surface area contributed by atoms with Crippen molar-refractivity contribution in [2.75, 3.05) is 0 Å². The Labute approximate surface area is 145 Å². The molecular formula is C18H22N2OS2. The molecule has 1 atom stereocenters. The molecule has 0 N–H and O–H groups in total. The van der Waals surface area contributed by atoms with Crippen LogP contribution < -0.4 is 5.56 Å². The molecule has 3 nitrogen and oxygen atoms in total. The van der Waals surface area contributed by atoms with Crippen LogP contribution >= 0.6 is 23.5 Å². The summed E-state index contributed by atoms with van der Waals surface area (Å²) in [6.07, 6.45) is 0.884. The van der Waals surface area contributed by atoms with Gasteiger partial charge in [-0.05, 0) is 37.1 Å². The second-order valence-electron chi connectivity index (χ2n) is 6.46. The lowest BCUT2D eigenvalue weighted by Gasteiger charge is -2.16. The Kier molecular flexibility index (Phi) is 4.61. The lowest BCUT2D eigenvalue weighted by Crippen LogP contribution is -2.24. The molecule has 122 valence electrons. The van der Waals surface area contributed by atoms with Crippen molar-refractivity contribution in [3.63, 3.8) is 0 Å². The largest absolute Gasteiger partial charge is 0.272 e. The van der Waals surface area contributed by atoms with Gasteiger partial charge < -0.3 is 0 Å². The molecule has 2 aromatic rings. The van der Waals surface area contributed by atoms with E-state index in [4.69, 9.17) is 4.98 Å². The van der Waals surface area contributed by atoms with Gasteiger partial charge in [-0.15, -0.1) is 11.8 Å². The van der Waals surface area contributed by atoms with Crippen molar-refractivity contribution in [1.82, 2.24) is 9.55 Å². The Balaban J connectivity index is 2.25. The van der Waals surface area contributed by atoms with Gasteiger partial charge in [0.1, 0.15) is 0 Å². The topological polar surface area (TPSA) is 34.9 Å². The molecule has 1 aromatic heterocycles. The highest BCUT2D eigenvalue weighted by Crippen LogP contribution is 2.35. The van der Waals surface area contributed by atoms with Crippen molar-refractivity contribution < 1.29 is 0 Å². The van der Waals surface area contributed by atoms with Crippen LogP contribution in [0.1, 0.15) is 37.6 Å². The third kappa shape index (κ3) is 3.36. The van der Waals surface area contributed by atoms with Crippen molar-refractivity contribution in [2.24, 2.45) is 0 Å². The van der Waals surface area contributed by atoms with E-state index < -0.39 is 0 Å². The first-order valence-corrected chi connectivity index (χ1v) is 9.69. The zero-order valence-electron chi connectivity index (χ0n) is 14.2. The average molecular weight is 347 g/mol. The third-order valence-corrected chi connectivity index (χ3v) is 5.86. The molecule has 0 radical (unpaired) electrons. The highest BCUT2D eigenvalue weighted by atomic mass is 32.2. The maximum atomic E-state index is 13.1. The molecule has 5 heteroatoms. The fourth-order valence-corrected chi connectivity index (χ4v) is 4.88. The second-order valence-corrected chi connectivity index (χ2v) is 9.45. The lowest BCUT2D eigenvalue weighted by molar-refractivity contribution is 0.728. The van der Waals surface area contributed by atoms with Crippen LogP contribution in [0.15, 0.2) is 33.0 Å². The van der Waals surface area contributed by atoms with Crippen molar-refractivity contribution >= 4 is 23.5 Å². The van der Waals surface area contributed by atoms with E-state index in [9.17, 15) is 4.79 Å². The first kappa shape index (κ1) is 16.7. The number of benzene rings is 1. The fraction of sp³-hybridized carbons (Fsp3) is 0.444. The summed E-state index contributed by atoms with van der Waals surface area (Å²) in [6.45, 7) is 10.5. The van der Waals surface area contributed by atoms with E-state index in [2.05, 4.69) is 52.8 Å². The molecular weight excluding hydrogens is 324 g/mol. The van der Waals surface area contributed by atoms with Crippen LogP contribution in [-0.2, 0) is 6.42 Å². The fourth-order valence-electron chi connectivity index (χ4n) is 2.90. The minimum atomic E-state index is 0.0810. The summed E-state index contributed by atoms with van der Waals surface area (Å²) >= 11 is 3.31. The first-order chi connectivity index (χ1) is 10.8. The molecule has 1 aliphatic heterocycles. The maximum Gasteiger partial charge on any atom is 0.272 e. The van der Waals surface area contributed by atoms with Gasteiger partial charge in [-0.25, -0.2) is 4.98 Å². The highest BCUT2D eigenvalue weighted by Gasteiger charge is 2.27. The van der Waals surface area contributed by atoms with Gasteiger partial charge in [0.2, 0.25) is 0 Å². The van der Waals surface area contributed by atoms with Gasteiger partial charge in [-0.1, -0.05) is 38.6 Å². The molecule has 0 amide bonds. The quantitative estimate of drug-likeness (QED) is 0.610. The van der Waals surface area contributed by atoms with E-state index in [0.29, 0.717) is 10.5 Å². The molecule has 0 fully saturated rings. The second kappa shape index (κ2) is 6.36. The standard InChI is InChI=1S/C18H22N2OS2/c1-10(2)22-18-19-15-9-13(5)23-16(15)17(21)20(18)14-7-11(3)6-12(4)8-14/h6-8,10,13H,9H2,1-5H3. The summed E-state index contributed by atoms with van der Waals surface area (Å²) < 4.78 is 1.80. The van der Waals surface area contributed by atoms with Gasteiger partial charge in [-0.2, -0.15) is 0 Å². The van der Waals surface area contributed by atoms with Crippen LogP contribution in [0, 0.1) is 13.8 Å². The Morgan fingerprint density at radius 3 is 2.52 bits per heavy atom. The summed E-state index contributed by atoms with van der Waals surface area (Å²) in [5.74, 6) is 0. The molecule has 23 heavy (non-hydrogen) atoms. The third-order valence-electron chi connectivity index (χ3n) is 3.69. The van der Waals surface area contributed by atoms with E-state index in [1.54, 1.807) is 28.1 Å². The molecule has 3 rings (SSSR count). The van der Waals surface area contributed by atoms with Crippen molar-refractivity contribution in [3.05, 3.63) is 45.4 Å². The highest BCUT2D eigenvalue weighted by molar-refractivity contribution is 8.00. The van der Waals surface area contributed by atoms with E-state index in [1.165, 1.54) is 0 Å². The summed E-state index contributed by atoms with van der Waals surface area (Å²) in [6, 6.07) is 6.26. The van der Waals surface area contributed by atoms with Crippen molar-refractivity contribution in [3.8, 4) is 5.69 Å². The van der Waals surface area contributed by atoms with Crippen LogP contribution in [0.25, 0.3) is 5.69 Å². The van der Waals surface area contributed by atoms with Gasteiger partial charge >= 0.3 is 0 Å². The van der Waals surface area contributed by atoms with Gasteiger partial charge in [0.15, 0.2) is 5.16 Å². The number of rotatable bonds is 3. The minimum absolute atomic E-state index is 0.0810. The Morgan fingerprint density at radius 1 is 1.26 bits per heavy atom. The molecule has 1 aromatic carbocycles. The number of fused-ring (bicyclic) bond motifs is 1. The minimum Gasteiger partial charge on any atom is -0.268 e. The predicted octanol–water partition coefficient (Wildman–Crippen LogP) is 4.39. The summed E-state index contributed by atoms with van der Waals surface area (Å²) in [5.41, 5.74) is 4.29. The molecule has 1 unspecified atom stereocenters. The normalized spacial score (nSPS) is 16.9. The lowest BCUT2D eigenvalue weighted by atomic mass is 10.1. The zero-order chi connectivity index (χ0) is 16.7. The van der Waals surface area contributed by atoms with Gasteiger partial charge in [0, 0.05) is 16.9 Å². The molecule has 2 heterocycles. The predicted molar refractivity (Wildman–Crippen MR) is 99.3 cm³/mol. The van der Waals surface area contributed by atoms with Gasteiger partial charge in [0.05, 0.1) is 16.3 Å². The number of aryl methyl sites for hydroxylation is 2. The van der Waals surface area contributed by atoms with Crippen molar-refractivity contribution in [1.29, 1.82) is 0 Å². The molecule has 0 aliphatic carbocycles. The monoisotopic (exact) mass is 346 g/mol. The van der Waals surface area contributed by atoms with E-state index >= 15 is 0 Å².